The van der Waals surface area contributed by atoms with E-state index in [0.717, 1.165) is 24.1 Å². The highest BCUT2D eigenvalue weighted by Gasteiger charge is 2.58. The van der Waals surface area contributed by atoms with E-state index in [1.54, 1.807) is 0 Å². The van der Waals surface area contributed by atoms with E-state index in [-0.39, 0.29) is 54.4 Å². The molecule has 4 rings (SSSR count). The monoisotopic (exact) mass is 338 g/mol. The van der Waals surface area contributed by atoms with Gasteiger partial charge in [0.05, 0.1) is 11.8 Å². The number of rotatable bonds is 5. The zero-order chi connectivity index (χ0) is 17.6. The summed E-state index contributed by atoms with van der Waals surface area (Å²) in [6, 6.07) is 7.67. The Balaban J connectivity index is 1.38. The first-order valence-electron chi connectivity index (χ1n) is 9.01. The van der Waals surface area contributed by atoms with Crippen LogP contribution >= 0.6 is 0 Å². The number of fused-ring (bicyclic) bond motifs is 5. The molecule has 0 spiro atoms. The second-order valence-electron chi connectivity index (χ2n) is 7.14. The van der Waals surface area contributed by atoms with Crippen LogP contribution < -0.4 is 5.32 Å². The summed E-state index contributed by atoms with van der Waals surface area (Å²) in [6.45, 7) is 2.21. The molecular weight excluding hydrogens is 316 g/mol. The van der Waals surface area contributed by atoms with Crippen LogP contribution in [0.1, 0.15) is 25.3 Å². The molecule has 1 saturated heterocycles. The summed E-state index contributed by atoms with van der Waals surface area (Å²) in [5.74, 6) is -0.303. The highest BCUT2D eigenvalue weighted by Crippen LogP contribution is 2.52. The number of carbonyl (C=O) groups excluding carboxylic acids is 3. The first-order valence-corrected chi connectivity index (χ1v) is 9.01. The van der Waals surface area contributed by atoms with Gasteiger partial charge in [-0.15, -0.1) is 0 Å². The van der Waals surface area contributed by atoms with Crippen LogP contribution in [0.5, 0.6) is 0 Å². The SMILES string of the molecule is CCc1ccccc1NC(=O)CCN1C(=O)[C@@H]2[C@H](C1=O)[C@H]1C=C[C@H]2C1. The lowest BCUT2D eigenvalue weighted by molar-refractivity contribution is -0.140. The fraction of sp³-hybridized carbons (Fsp3) is 0.450. The molecule has 1 N–H and O–H groups in total. The summed E-state index contributed by atoms with van der Waals surface area (Å²) in [7, 11) is 0. The number of nitrogens with zero attached hydrogens (tertiary/aromatic N) is 1. The van der Waals surface area contributed by atoms with Crippen LogP contribution in [0.25, 0.3) is 0 Å². The molecule has 0 unspecified atom stereocenters. The minimum absolute atomic E-state index is 0.0893. The average Bonchev–Trinajstić information content (AvgIpc) is 3.28. The van der Waals surface area contributed by atoms with Crippen LogP contribution in [0, 0.1) is 23.7 Å². The van der Waals surface area contributed by atoms with Gasteiger partial charge in [-0.25, -0.2) is 0 Å². The molecule has 1 aromatic rings. The number of hydrogen-bond acceptors (Lipinski definition) is 3. The first kappa shape index (κ1) is 16.1. The van der Waals surface area contributed by atoms with Crippen LogP contribution in [0.15, 0.2) is 36.4 Å². The Morgan fingerprint density at radius 3 is 2.40 bits per heavy atom. The molecule has 0 aromatic heterocycles. The molecule has 1 saturated carbocycles. The van der Waals surface area contributed by atoms with Crippen molar-refractivity contribution in [1.82, 2.24) is 4.90 Å². The molecule has 3 amide bonds. The van der Waals surface area contributed by atoms with Crippen molar-refractivity contribution in [1.29, 1.82) is 0 Å². The molecule has 2 aliphatic carbocycles. The van der Waals surface area contributed by atoms with Crippen molar-refractivity contribution in [2.75, 3.05) is 11.9 Å². The number of imide groups is 1. The molecule has 5 heteroatoms. The molecule has 1 aromatic carbocycles. The number of anilines is 1. The maximum absolute atomic E-state index is 12.6. The van der Waals surface area contributed by atoms with Gasteiger partial charge in [0.25, 0.3) is 0 Å². The highest BCUT2D eigenvalue weighted by atomic mass is 16.2. The smallest absolute Gasteiger partial charge is 0.233 e. The second kappa shape index (κ2) is 6.14. The summed E-state index contributed by atoms with van der Waals surface area (Å²) >= 11 is 0. The van der Waals surface area contributed by atoms with Gasteiger partial charge in [-0.1, -0.05) is 37.3 Å². The van der Waals surface area contributed by atoms with E-state index in [9.17, 15) is 14.4 Å². The van der Waals surface area contributed by atoms with Gasteiger partial charge in [-0.3, -0.25) is 19.3 Å². The first-order chi connectivity index (χ1) is 12.1. The lowest BCUT2D eigenvalue weighted by atomic mass is 9.85. The van der Waals surface area contributed by atoms with Gasteiger partial charge >= 0.3 is 0 Å². The number of allylic oxidation sites excluding steroid dienone is 2. The number of hydrogen-bond donors (Lipinski definition) is 1. The van der Waals surface area contributed by atoms with Crippen LogP contribution in [0.3, 0.4) is 0 Å². The van der Waals surface area contributed by atoms with Crippen molar-refractivity contribution in [2.45, 2.75) is 26.2 Å². The van der Waals surface area contributed by atoms with Gasteiger partial charge in [0.15, 0.2) is 0 Å². The van der Waals surface area contributed by atoms with E-state index in [4.69, 9.17) is 0 Å². The van der Waals surface area contributed by atoms with Crippen molar-refractivity contribution >= 4 is 23.4 Å². The topological polar surface area (TPSA) is 66.5 Å². The van der Waals surface area contributed by atoms with Crippen molar-refractivity contribution in [3.8, 4) is 0 Å². The number of nitrogens with one attached hydrogen (secondary N) is 1. The average molecular weight is 338 g/mol. The predicted octanol–water partition coefficient (Wildman–Crippen LogP) is 2.38. The van der Waals surface area contributed by atoms with Gasteiger partial charge in [0, 0.05) is 18.7 Å². The molecule has 5 nitrogen and oxygen atoms in total. The number of aryl methyl sites for hydroxylation is 1. The summed E-state index contributed by atoms with van der Waals surface area (Å²) in [5.41, 5.74) is 1.87. The van der Waals surface area contributed by atoms with Crippen molar-refractivity contribution in [2.24, 2.45) is 23.7 Å². The van der Waals surface area contributed by atoms with Crippen LogP contribution in [0.4, 0.5) is 5.69 Å². The maximum Gasteiger partial charge on any atom is 0.233 e. The largest absolute Gasteiger partial charge is 0.326 e. The molecule has 0 radical (unpaired) electrons. The van der Waals surface area contributed by atoms with Gasteiger partial charge in [0.1, 0.15) is 0 Å². The van der Waals surface area contributed by atoms with Gasteiger partial charge < -0.3 is 5.32 Å². The Hall–Kier alpha value is -2.43. The molecule has 1 aliphatic heterocycles. The fourth-order valence-corrected chi connectivity index (χ4v) is 4.56. The minimum atomic E-state index is -0.189. The van der Waals surface area contributed by atoms with Gasteiger partial charge in [-0.05, 0) is 36.3 Å². The number of amides is 3. The van der Waals surface area contributed by atoms with Crippen LogP contribution in [-0.4, -0.2) is 29.2 Å². The van der Waals surface area contributed by atoms with Crippen LogP contribution in [-0.2, 0) is 20.8 Å². The predicted molar refractivity (Wildman–Crippen MR) is 93.5 cm³/mol. The maximum atomic E-state index is 12.6. The van der Waals surface area contributed by atoms with Gasteiger partial charge in [-0.2, -0.15) is 0 Å². The Labute approximate surface area is 147 Å². The van der Waals surface area contributed by atoms with E-state index in [1.165, 1.54) is 4.90 Å². The fourth-order valence-electron chi connectivity index (χ4n) is 4.56. The Kier molecular flexibility index (Phi) is 3.94. The third kappa shape index (κ3) is 2.58. The number of para-hydroxylation sites is 1. The minimum Gasteiger partial charge on any atom is -0.326 e. The van der Waals surface area contributed by atoms with E-state index >= 15 is 0 Å². The molecule has 3 aliphatic rings. The van der Waals surface area contributed by atoms with E-state index in [2.05, 4.69) is 17.5 Å². The summed E-state index contributed by atoms with van der Waals surface area (Å²) in [6.07, 6.45) is 6.05. The molecule has 1 heterocycles. The molecule has 2 bridgehead atoms. The van der Waals surface area contributed by atoms with E-state index in [0.29, 0.717) is 0 Å². The van der Waals surface area contributed by atoms with E-state index < -0.39 is 0 Å². The lowest BCUT2D eigenvalue weighted by Crippen LogP contribution is -2.35. The van der Waals surface area contributed by atoms with Crippen molar-refractivity contribution < 1.29 is 14.4 Å². The second-order valence-corrected chi connectivity index (χ2v) is 7.14. The lowest BCUT2D eigenvalue weighted by Gasteiger charge is -2.17. The molecule has 4 atom stereocenters. The number of benzene rings is 1. The Morgan fingerprint density at radius 2 is 1.76 bits per heavy atom. The zero-order valence-electron chi connectivity index (χ0n) is 14.3. The summed E-state index contributed by atoms with van der Waals surface area (Å²) in [4.78, 5) is 38.8. The van der Waals surface area contributed by atoms with Crippen molar-refractivity contribution in [3.63, 3.8) is 0 Å². The number of likely N-dealkylation sites (tertiary alicyclic amines) is 1. The molecule has 130 valence electrons. The quantitative estimate of drug-likeness (QED) is 0.662. The zero-order valence-corrected chi connectivity index (χ0v) is 14.3. The van der Waals surface area contributed by atoms with Crippen molar-refractivity contribution in [3.05, 3.63) is 42.0 Å². The summed E-state index contributed by atoms with van der Waals surface area (Å²) in [5, 5.41) is 2.89. The van der Waals surface area contributed by atoms with Crippen LogP contribution in [0.2, 0.25) is 0 Å². The molecular formula is C20H22N2O3. The normalized spacial score (nSPS) is 29.4. The molecule has 25 heavy (non-hydrogen) atoms. The van der Waals surface area contributed by atoms with Gasteiger partial charge in [0.2, 0.25) is 17.7 Å². The summed E-state index contributed by atoms with van der Waals surface area (Å²) < 4.78 is 0. The Bertz CT molecular complexity index is 740. The van der Waals surface area contributed by atoms with E-state index in [1.807, 2.05) is 31.2 Å². The standard InChI is InChI=1S/C20H22N2O3/c1-2-12-5-3-4-6-15(12)21-16(23)9-10-22-19(24)17-13-7-8-14(11-13)18(17)20(22)25/h3-8,13-14,17-18H,2,9-11H2,1H3,(H,21,23)/t13-,14-,17-,18+/m0/s1. The third-order valence-electron chi connectivity index (χ3n) is 5.80. The Morgan fingerprint density at radius 1 is 1.12 bits per heavy atom. The highest BCUT2D eigenvalue weighted by molar-refractivity contribution is 6.06. The molecule has 2 fully saturated rings. The third-order valence-corrected chi connectivity index (χ3v) is 5.80. The number of carbonyl (C=O) groups is 3.